The topological polar surface area (TPSA) is 76.0 Å². The number of imidazole rings is 1. The molecule has 0 saturated heterocycles. The number of hydrogen-bond donors (Lipinski definition) is 2. The molecule has 0 spiro atoms. The van der Waals surface area contributed by atoms with Crippen LogP contribution in [0.25, 0.3) is 11.0 Å². The van der Waals surface area contributed by atoms with Crippen LogP contribution in [0, 0.1) is 6.92 Å². The summed E-state index contributed by atoms with van der Waals surface area (Å²) in [6.45, 7) is 7.95. The molecule has 6 heteroatoms. The minimum Gasteiger partial charge on any atom is -0.351 e. The summed E-state index contributed by atoms with van der Waals surface area (Å²) >= 11 is 0. The second kappa shape index (κ2) is 8.52. The van der Waals surface area contributed by atoms with Gasteiger partial charge in [0.1, 0.15) is 12.4 Å². The number of carbonyl (C=O) groups is 2. The first-order valence-corrected chi connectivity index (χ1v) is 9.20. The molecule has 3 aromatic rings. The average Bonchev–Trinajstić information content (AvgIpc) is 3.05. The Labute approximate surface area is 164 Å². The Morgan fingerprint density at radius 2 is 2.00 bits per heavy atom. The number of rotatable bonds is 7. The molecule has 1 atom stereocenters. The lowest BCUT2D eigenvalue weighted by Crippen LogP contribution is -2.32. The fourth-order valence-electron chi connectivity index (χ4n) is 3.11. The highest BCUT2D eigenvalue weighted by Crippen LogP contribution is 2.21. The fourth-order valence-corrected chi connectivity index (χ4v) is 3.11. The lowest BCUT2D eigenvalue weighted by molar-refractivity contribution is -0.121. The molecule has 0 aliphatic rings. The highest BCUT2D eigenvalue weighted by Gasteiger charge is 2.20. The molecule has 0 fully saturated rings. The summed E-state index contributed by atoms with van der Waals surface area (Å²) in [6, 6.07) is 14.7. The van der Waals surface area contributed by atoms with Gasteiger partial charge in [0.25, 0.3) is 5.91 Å². The first-order chi connectivity index (χ1) is 13.5. The second-order valence-electron chi connectivity index (χ2n) is 6.70. The van der Waals surface area contributed by atoms with E-state index in [1.54, 1.807) is 12.1 Å². The number of aryl methyl sites for hydroxylation is 1. The van der Waals surface area contributed by atoms with Crippen molar-refractivity contribution in [2.24, 2.45) is 0 Å². The van der Waals surface area contributed by atoms with Crippen LogP contribution in [0.5, 0.6) is 0 Å². The lowest BCUT2D eigenvalue weighted by atomic mass is 10.1. The van der Waals surface area contributed by atoms with Gasteiger partial charge in [-0.25, -0.2) is 4.98 Å². The maximum atomic E-state index is 12.6. The number of hydrogen-bond acceptors (Lipinski definition) is 3. The van der Waals surface area contributed by atoms with Gasteiger partial charge in [-0.05, 0) is 38.1 Å². The van der Waals surface area contributed by atoms with E-state index < -0.39 is 0 Å². The summed E-state index contributed by atoms with van der Waals surface area (Å²) in [5, 5.41) is 5.77. The van der Waals surface area contributed by atoms with E-state index in [0.717, 1.165) is 16.6 Å². The van der Waals surface area contributed by atoms with Gasteiger partial charge in [0.15, 0.2) is 0 Å². The highest BCUT2D eigenvalue weighted by atomic mass is 16.2. The van der Waals surface area contributed by atoms with E-state index in [1.807, 2.05) is 60.9 Å². The van der Waals surface area contributed by atoms with Crippen molar-refractivity contribution in [2.45, 2.75) is 26.4 Å². The third kappa shape index (κ3) is 4.28. The summed E-state index contributed by atoms with van der Waals surface area (Å²) in [7, 11) is 0. The number of fused-ring (bicyclic) bond motifs is 1. The second-order valence-corrected chi connectivity index (χ2v) is 6.70. The lowest BCUT2D eigenvalue weighted by Gasteiger charge is -2.16. The largest absolute Gasteiger partial charge is 0.351 e. The Hall–Kier alpha value is -3.41. The smallest absolute Gasteiger partial charge is 0.251 e. The predicted molar refractivity (Wildman–Crippen MR) is 110 cm³/mol. The monoisotopic (exact) mass is 376 g/mol. The van der Waals surface area contributed by atoms with Gasteiger partial charge in [-0.2, -0.15) is 0 Å². The van der Waals surface area contributed by atoms with Crippen molar-refractivity contribution < 1.29 is 9.59 Å². The zero-order chi connectivity index (χ0) is 20.1. The SMILES string of the molecule is C=CCNC(=O)Cn1c(C(C)NC(=O)c2cccc(C)c2)nc2ccccc21. The van der Waals surface area contributed by atoms with Gasteiger partial charge in [-0.3, -0.25) is 9.59 Å². The van der Waals surface area contributed by atoms with E-state index in [-0.39, 0.29) is 24.4 Å². The molecule has 2 amide bonds. The zero-order valence-electron chi connectivity index (χ0n) is 16.1. The third-order valence-electron chi connectivity index (χ3n) is 4.44. The normalized spacial score (nSPS) is 11.8. The van der Waals surface area contributed by atoms with Crippen LogP contribution < -0.4 is 10.6 Å². The van der Waals surface area contributed by atoms with Gasteiger partial charge in [0.05, 0.1) is 17.1 Å². The first-order valence-electron chi connectivity index (χ1n) is 9.20. The maximum Gasteiger partial charge on any atom is 0.251 e. The van der Waals surface area contributed by atoms with Crippen LogP contribution in [0.15, 0.2) is 61.2 Å². The molecule has 144 valence electrons. The molecule has 0 aliphatic carbocycles. The number of aromatic nitrogens is 2. The minimum atomic E-state index is -0.368. The number of para-hydroxylation sites is 2. The van der Waals surface area contributed by atoms with Gasteiger partial charge in [0, 0.05) is 12.1 Å². The van der Waals surface area contributed by atoms with Crippen molar-refractivity contribution in [2.75, 3.05) is 6.54 Å². The Morgan fingerprint density at radius 1 is 1.21 bits per heavy atom. The predicted octanol–water partition coefficient (Wildman–Crippen LogP) is 3.14. The summed E-state index contributed by atoms with van der Waals surface area (Å²) in [6.07, 6.45) is 1.63. The first kappa shape index (κ1) is 19.4. The number of nitrogens with one attached hydrogen (secondary N) is 2. The Bertz CT molecular complexity index is 1020. The number of benzene rings is 2. The zero-order valence-corrected chi connectivity index (χ0v) is 16.1. The van der Waals surface area contributed by atoms with Crippen molar-refractivity contribution in [3.8, 4) is 0 Å². The molecule has 2 N–H and O–H groups in total. The van der Waals surface area contributed by atoms with Gasteiger partial charge in [-0.15, -0.1) is 6.58 Å². The molecular weight excluding hydrogens is 352 g/mol. The van der Waals surface area contributed by atoms with Crippen LogP contribution in [-0.2, 0) is 11.3 Å². The number of amides is 2. The molecule has 1 unspecified atom stereocenters. The Balaban J connectivity index is 1.88. The van der Waals surface area contributed by atoms with Crippen molar-refractivity contribution in [3.63, 3.8) is 0 Å². The standard InChI is InChI=1S/C22H24N4O2/c1-4-12-23-20(27)14-26-19-11-6-5-10-18(19)25-21(26)16(3)24-22(28)17-9-7-8-15(2)13-17/h4-11,13,16H,1,12,14H2,2-3H3,(H,23,27)(H,24,28). The Morgan fingerprint density at radius 3 is 2.75 bits per heavy atom. The van der Waals surface area contributed by atoms with E-state index in [9.17, 15) is 9.59 Å². The van der Waals surface area contributed by atoms with E-state index in [2.05, 4.69) is 22.2 Å². The van der Waals surface area contributed by atoms with Crippen LogP contribution in [0.3, 0.4) is 0 Å². The van der Waals surface area contributed by atoms with Crippen molar-refractivity contribution in [3.05, 3.63) is 78.1 Å². The van der Waals surface area contributed by atoms with Gasteiger partial charge in [-0.1, -0.05) is 35.9 Å². The van der Waals surface area contributed by atoms with Gasteiger partial charge >= 0.3 is 0 Å². The molecule has 1 aromatic heterocycles. The third-order valence-corrected chi connectivity index (χ3v) is 4.44. The van der Waals surface area contributed by atoms with E-state index in [1.165, 1.54) is 0 Å². The fraction of sp³-hybridized carbons (Fsp3) is 0.227. The van der Waals surface area contributed by atoms with Crippen molar-refractivity contribution in [1.29, 1.82) is 0 Å². The van der Waals surface area contributed by atoms with Crippen LogP contribution in [0.4, 0.5) is 0 Å². The van der Waals surface area contributed by atoms with Crippen LogP contribution in [0.2, 0.25) is 0 Å². The molecule has 2 aromatic carbocycles. The van der Waals surface area contributed by atoms with Crippen LogP contribution >= 0.6 is 0 Å². The molecule has 1 heterocycles. The van der Waals surface area contributed by atoms with Gasteiger partial charge < -0.3 is 15.2 Å². The molecule has 6 nitrogen and oxygen atoms in total. The average molecular weight is 376 g/mol. The van der Waals surface area contributed by atoms with Crippen LogP contribution in [0.1, 0.15) is 34.7 Å². The molecule has 3 rings (SSSR count). The molecule has 28 heavy (non-hydrogen) atoms. The number of carbonyl (C=O) groups excluding carboxylic acids is 2. The highest BCUT2D eigenvalue weighted by molar-refractivity contribution is 5.94. The molecular formula is C22H24N4O2. The summed E-state index contributed by atoms with van der Waals surface area (Å²) in [5.41, 5.74) is 3.25. The molecule has 0 saturated carbocycles. The van der Waals surface area contributed by atoms with E-state index in [0.29, 0.717) is 17.9 Å². The minimum absolute atomic E-state index is 0.119. The van der Waals surface area contributed by atoms with Crippen LogP contribution in [-0.4, -0.2) is 27.9 Å². The summed E-state index contributed by atoms with van der Waals surface area (Å²) in [4.78, 5) is 29.6. The molecule has 0 aliphatic heterocycles. The molecule has 0 radical (unpaired) electrons. The summed E-state index contributed by atoms with van der Waals surface area (Å²) < 4.78 is 1.84. The molecule has 0 bridgehead atoms. The summed E-state index contributed by atoms with van der Waals surface area (Å²) in [5.74, 6) is 0.323. The Kier molecular flexibility index (Phi) is 5.89. The maximum absolute atomic E-state index is 12.6. The quantitative estimate of drug-likeness (QED) is 0.622. The van der Waals surface area contributed by atoms with E-state index in [4.69, 9.17) is 0 Å². The number of nitrogens with zero attached hydrogens (tertiary/aromatic N) is 2. The van der Waals surface area contributed by atoms with Crippen molar-refractivity contribution >= 4 is 22.8 Å². The van der Waals surface area contributed by atoms with E-state index >= 15 is 0 Å². The van der Waals surface area contributed by atoms with Crippen molar-refractivity contribution in [1.82, 2.24) is 20.2 Å². The van der Waals surface area contributed by atoms with Gasteiger partial charge in [0.2, 0.25) is 5.91 Å².